The van der Waals surface area contributed by atoms with E-state index in [0.717, 1.165) is 4.90 Å². The zero-order chi connectivity index (χ0) is 13.1. The highest BCUT2D eigenvalue weighted by molar-refractivity contribution is 8.00. The van der Waals surface area contributed by atoms with Crippen LogP contribution in [0.25, 0.3) is 0 Å². The molecule has 0 saturated carbocycles. The number of rotatable bonds is 3. The van der Waals surface area contributed by atoms with Gasteiger partial charge in [-0.3, -0.25) is 4.79 Å². The van der Waals surface area contributed by atoms with Crippen LogP contribution in [0.4, 0.5) is 0 Å². The molecule has 2 rings (SSSR count). The Balaban J connectivity index is 1.91. The van der Waals surface area contributed by atoms with E-state index in [1.807, 2.05) is 0 Å². The van der Waals surface area contributed by atoms with Crippen LogP contribution in [-0.2, 0) is 4.79 Å². The number of hydrogen-bond acceptors (Lipinski definition) is 3. The number of β-amino-alcohol motifs (C(OH)–C–C–N with tert-alkyl or cyclic N) is 1. The van der Waals surface area contributed by atoms with Gasteiger partial charge < -0.3 is 10.0 Å². The number of halogens is 2. The summed E-state index contributed by atoms with van der Waals surface area (Å²) in [5, 5.41) is 10.6. The Hall–Kier alpha value is -0.420. The van der Waals surface area contributed by atoms with Gasteiger partial charge in [0.1, 0.15) is 0 Å². The normalized spacial score (nSPS) is 19.3. The molecular weight excluding hydrogens is 293 g/mol. The Labute approximate surface area is 120 Å². The Morgan fingerprint density at radius 1 is 1.50 bits per heavy atom. The minimum atomic E-state index is -0.381. The summed E-state index contributed by atoms with van der Waals surface area (Å²) >= 11 is 13.3. The summed E-state index contributed by atoms with van der Waals surface area (Å²) in [6.07, 6.45) is 0.280. The van der Waals surface area contributed by atoms with Crippen molar-refractivity contribution in [1.29, 1.82) is 0 Å². The Kier molecular flexibility index (Phi) is 4.78. The zero-order valence-corrected chi connectivity index (χ0v) is 11.9. The Bertz CT molecular complexity index is 456. The Morgan fingerprint density at radius 3 is 2.94 bits per heavy atom. The predicted molar refractivity (Wildman–Crippen MR) is 74.4 cm³/mol. The van der Waals surface area contributed by atoms with Gasteiger partial charge in [-0.1, -0.05) is 23.2 Å². The van der Waals surface area contributed by atoms with Crippen LogP contribution >= 0.6 is 35.0 Å². The van der Waals surface area contributed by atoms with Gasteiger partial charge in [-0.05, 0) is 24.6 Å². The van der Waals surface area contributed by atoms with Crippen molar-refractivity contribution in [3.8, 4) is 0 Å². The molecule has 0 radical (unpaired) electrons. The van der Waals surface area contributed by atoms with E-state index in [-0.39, 0.29) is 12.0 Å². The molecule has 0 bridgehead atoms. The summed E-state index contributed by atoms with van der Waals surface area (Å²) in [5.41, 5.74) is 0. The minimum absolute atomic E-state index is 0.0209. The fraction of sp³-hybridized carbons (Fsp3) is 0.417. The third kappa shape index (κ3) is 3.54. The fourth-order valence-electron chi connectivity index (χ4n) is 1.79. The monoisotopic (exact) mass is 305 g/mol. The predicted octanol–water partition coefficient (Wildman–Crippen LogP) is 2.68. The lowest BCUT2D eigenvalue weighted by Crippen LogP contribution is -2.30. The molecule has 1 atom stereocenters. The second kappa shape index (κ2) is 6.15. The molecular formula is C12H13Cl2NO2S. The van der Waals surface area contributed by atoms with E-state index < -0.39 is 0 Å². The van der Waals surface area contributed by atoms with Crippen LogP contribution in [0.1, 0.15) is 6.42 Å². The highest BCUT2D eigenvalue weighted by atomic mass is 35.5. The smallest absolute Gasteiger partial charge is 0.233 e. The van der Waals surface area contributed by atoms with Gasteiger partial charge in [0.15, 0.2) is 0 Å². The third-order valence-electron chi connectivity index (χ3n) is 2.76. The van der Waals surface area contributed by atoms with Crippen molar-refractivity contribution in [3.05, 3.63) is 28.2 Å². The van der Waals surface area contributed by atoms with Crippen LogP contribution in [0.5, 0.6) is 0 Å². The van der Waals surface area contributed by atoms with Gasteiger partial charge in [-0.15, -0.1) is 11.8 Å². The van der Waals surface area contributed by atoms with E-state index >= 15 is 0 Å². The maximum atomic E-state index is 11.9. The van der Waals surface area contributed by atoms with Gasteiger partial charge in [0.2, 0.25) is 5.91 Å². The van der Waals surface area contributed by atoms with Gasteiger partial charge in [-0.25, -0.2) is 0 Å². The molecule has 0 aromatic heterocycles. The van der Waals surface area contributed by atoms with Crippen LogP contribution in [0, 0.1) is 0 Å². The number of carbonyl (C=O) groups excluding carboxylic acids is 1. The van der Waals surface area contributed by atoms with Gasteiger partial charge in [0.05, 0.1) is 16.9 Å². The highest BCUT2D eigenvalue weighted by Crippen LogP contribution is 2.30. The van der Waals surface area contributed by atoms with Crippen molar-refractivity contribution < 1.29 is 9.90 Å². The summed E-state index contributed by atoms with van der Waals surface area (Å²) in [4.78, 5) is 14.4. The molecule has 1 fully saturated rings. The molecule has 1 unspecified atom stereocenters. The summed E-state index contributed by atoms with van der Waals surface area (Å²) in [5.74, 6) is 0.333. The molecule has 1 aliphatic rings. The topological polar surface area (TPSA) is 40.5 Å². The van der Waals surface area contributed by atoms with E-state index in [1.165, 1.54) is 11.8 Å². The molecule has 98 valence electrons. The van der Waals surface area contributed by atoms with Crippen molar-refractivity contribution in [2.45, 2.75) is 17.4 Å². The maximum absolute atomic E-state index is 11.9. The molecule has 3 nitrogen and oxygen atoms in total. The molecule has 18 heavy (non-hydrogen) atoms. The number of nitrogens with zero attached hydrogens (tertiary/aromatic N) is 1. The van der Waals surface area contributed by atoms with E-state index in [9.17, 15) is 9.90 Å². The van der Waals surface area contributed by atoms with Crippen LogP contribution < -0.4 is 0 Å². The first-order chi connectivity index (χ1) is 8.56. The number of amides is 1. The lowest BCUT2D eigenvalue weighted by Gasteiger charge is -2.15. The SMILES string of the molecule is O=C(CSc1cc(Cl)ccc1Cl)N1CCC(O)C1. The first-order valence-corrected chi connectivity index (χ1v) is 7.34. The summed E-state index contributed by atoms with van der Waals surface area (Å²) in [7, 11) is 0. The molecule has 0 aliphatic carbocycles. The van der Waals surface area contributed by atoms with Crippen LogP contribution in [0.3, 0.4) is 0 Å². The van der Waals surface area contributed by atoms with E-state index in [0.29, 0.717) is 35.3 Å². The van der Waals surface area contributed by atoms with Crippen LogP contribution in [0.15, 0.2) is 23.1 Å². The van der Waals surface area contributed by atoms with Gasteiger partial charge >= 0.3 is 0 Å². The summed E-state index contributed by atoms with van der Waals surface area (Å²) in [6.45, 7) is 1.06. The minimum Gasteiger partial charge on any atom is -0.391 e. The Morgan fingerprint density at radius 2 is 2.28 bits per heavy atom. The van der Waals surface area contributed by atoms with Crippen molar-refractivity contribution in [3.63, 3.8) is 0 Å². The van der Waals surface area contributed by atoms with Crippen molar-refractivity contribution >= 4 is 40.9 Å². The number of aliphatic hydroxyl groups is 1. The quantitative estimate of drug-likeness (QED) is 0.873. The van der Waals surface area contributed by atoms with Gasteiger partial charge in [0, 0.05) is 23.0 Å². The molecule has 1 heterocycles. The molecule has 1 aliphatic heterocycles. The van der Waals surface area contributed by atoms with E-state index in [2.05, 4.69) is 0 Å². The lowest BCUT2D eigenvalue weighted by molar-refractivity contribution is -0.127. The second-order valence-corrected chi connectivity index (χ2v) is 6.01. The number of carbonyl (C=O) groups is 1. The lowest BCUT2D eigenvalue weighted by atomic mass is 10.3. The highest BCUT2D eigenvalue weighted by Gasteiger charge is 2.24. The van der Waals surface area contributed by atoms with E-state index in [4.69, 9.17) is 23.2 Å². The first-order valence-electron chi connectivity index (χ1n) is 5.60. The van der Waals surface area contributed by atoms with Gasteiger partial charge in [0.25, 0.3) is 0 Å². The van der Waals surface area contributed by atoms with Crippen LogP contribution in [-0.4, -0.2) is 40.9 Å². The average molecular weight is 306 g/mol. The number of benzene rings is 1. The second-order valence-electron chi connectivity index (χ2n) is 4.15. The largest absolute Gasteiger partial charge is 0.391 e. The maximum Gasteiger partial charge on any atom is 0.233 e. The molecule has 1 aromatic rings. The standard InChI is InChI=1S/C12H13Cl2NO2S/c13-8-1-2-10(14)11(5-8)18-7-12(17)15-4-3-9(16)6-15/h1-2,5,9,16H,3-4,6-7H2. The fourth-order valence-corrected chi connectivity index (χ4v) is 3.18. The van der Waals surface area contributed by atoms with Crippen molar-refractivity contribution in [2.24, 2.45) is 0 Å². The molecule has 0 spiro atoms. The first kappa shape index (κ1) is 14.0. The zero-order valence-electron chi connectivity index (χ0n) is 9.60. The molecule has 1 amide bonds. The van der Waals surface area contributed by atoms with Gasteiger partial charge in [-0.2, -0.15) is 0 Å². The number of aliphatic hydroxyl groups excluding tert-OH is 1. The molecule has 1 saturated heterocycles. The van der Waals surface area contributed by atoms with Crippen molar-refractivity contribution in [1.82, 2.24) is 4.90 Å². The summed E-state index contributed by atoms with van der Waals surface area (Å²) < 4.78 is 0. The number of hydrogen-bond donors (Lipinski definition) is 1. The number of likely N-dealkylation sites (tertiary alicyclic amines) is 1. The van der Waals surface area contributed by atoms with Crippen LogP contribution in [0.2, 0.25) is 10.0 Å². The molecule has 1 aromatic carbocycles. The van der Waals surface area contributed by atoms with E-state index in [1.54, 1.807) is 23.1 Å². The molecule has 6 heteroatoms. The summed E-state index contributed by atoms with van der Waals surface area (Å²) in [6, 6.07) is 5.18. The average Bonchev–Trinajstić information content (AvgIpc) is 2.77. The molecule has 1 N–H and O–H groups in total. The van der Waals surface area contributed by atoms with Crippen molar-refractivity contribution in [2.75, 3.05) is 18.8 Å². The number of thioether (sulfide) groups is 1. The third-order valence-corrected chi connectivity index (χ3v) is 4.48.